The van der Waals surface area contributed by atoms with E-state index >= 15 is 0 Å². The van der Waals surface area contributed by atoms with Crippen LogP contribution in [0.2, 0.25) is 0 Å². The summed E-state index contributed by atoms with van der Waals surface area (Å²) in [4.78, 5) is 41.4. The number of rotatable bonds is 7. The molecule has 1 fully saturated rings. The van der Waals surface area contributed by atoms with Gasteiger partial charge in [0.15, 0.2) is 0 Å². The second kappa shape index (κ2) is 11.5. The molecule has 7 heteroatoms. The van der Waals surface area contributed by atoms with Crippen LogP contribution in [0.1, 0.15) is 48.5 Å². The molecule has 0 unspecified atom stereocenters. The van der Waals surface area contributed by atoms with E-state index in [4.69, 9.17) is 4.74 Å². The highest BCUT2D eigenvalue weighted by Gasteiger charge is 2.39. The van der Waals surface area contributed by atoms with Crippen LogP contribution >= 0.6 is 0 Å². The van der Waals surface area contributed by atoms with Gasteiger partial charge in [-0.2, -0.15) is 0 Å². The van der Waals surface area contributed by atoms with Gasteiger partial charge in [-0.1, -0.05) is 31.0 Å². The van der Waals surface area contributed by atoms with Crippen molar-refractivity contribution in [1.82, 2.24) is 0 Å². The van der Waals surface area contributed by atoms with Crippen molar-refractivity contribution in [2.75, 3.05) is 28.7 Å². The third kappa shape index (κ3) is 5.57. The summed E-state index contributed by atoms with van der Waals surface area (Å²) in [5.74, 6) is -0.271. The molecule has 2 N–H and O–H groups in total. The van der Waals surface area contributed by atoms with Crippen LogP contribution in [0.4, 0.5) is 17.1 Å². The van der Waals surface area contributed by atoms with Crippen molar-refractivity contribution >= 4 is 34.8 Å². The number of nitrogens with one attached hydrogen (secondary N) is 2. The highest BCUT2D eigenvalue weighted by molar-refractivity contribution is 6.05. The third-order valence-electron chi connectivity index (χ3n) is 7.41. The van der Waals surface area contributed by atoms with E-state index in [0.29, 0.717) is 36.5 Å². The fourth-order valence-corrected chi connectivity index (χ4v) is 5.45. The molecule has 0 bridgehead atoms. The van der Waals surface area contributed by atoms with Crippen LogP contribution in [0.5, 0.6) is 5.75 Å². The van der Waals surface area contributed by atoms with Crippen molar-refractivity contribution in [3.05, 3.63) is 83.9 Å². The summed E-state index contributed by atoms with van der Waals surface area (Å²) < 4.78 is 5.43. The van der Waals surface area contributed by atoms with Gasteiger partial charge < -0.3 is 20.3 Å². The molecule has 0 aromatic heterocycles. The van der Waals surface area contributed by atoms with Crippen molar-refractivity contribution in [3.8, 4) is 5.75 Å². The number of carbonyl (C=O) groups is 3. The Morgan fingerprint density at radius 3 is 2.24 bits per heavy atom. The lowest BCUT2D eigenvalue weighted by molar-refractivity contribution is -0.132. The van der Waals surface area contributed by atoms with Gasteiger partial charge >= 0.3 is 0 Å². The molecule has 3 aromatic rings. The molecule has 0 radical (unpaired) electrons. The quantitative estimate of drug-likeness (QED) is 0.428. The minimum atomic E-state index is -0.369. The van der Waals surface area contributed by atoms with E-state index in [1.165, 1.54) is 5.56 Å². The Kier molecular flexibility index (Phi) is 7.73. The number of ether oxygens (including phenoxy) is 1. The van der Waals surface area contributed by atoms with Crippen molar-refractivity contribution in [2.24, 2.45) is 11.8 Å². The predicted octanol–water partition coefficient (Wildman–Crippen LogP) is 5.67. The highest BCUT2D eigenvalue weighted by atomic mass is 16.5. The average molecular weight is 512 g/mol. The Hall–Kier alpha value is -4.13. The first-order valence-corrected chi connectivity index (χ1v) is 13.4. The van der Waals surface area contributed by atoms with Crippen LogP contribution in [0.3, 0.4) is 0 Å². The van der Waals surface area contributed by atoms with E-state index in [-0.39, 0.29) is 29.6 Å². The topological polar surface area (TPSA) is 87.7 Å². The predicted molar refractivity (Wildman–Crippen MR) is 149 cm³/mol. The molecule has 0 spiro atoms. The van der Waals surface area contributed by atoms with E-state index in [9.17, 15) is 14.4 Å². The fourth-order valence-electron chi connectivity index (χ4n) is 5.45. The molecule has 0 saturated heterocycles. The molecule has 5 rings (SSSR count). The first-order chi connectivity index (χ1) is 18.5. The highest BCUT2D eigenvalue weighted by Crippen LogP contribution is 2.36. The fraction of sp³-hybridized carbons (Fsp3) is 0.323. The van der Waals surface area contributed by atoms with Gasteiger partial charge in [-0.05, 0) is 86.3 Å². The van der Waals surface area contributed by atoms with Crippen molar-refractivity contribution < 1.29 is 19.1 Å². The van der Waals surface area contributed by atoms with Gasteiger partial charge in [-0.25, -0.2) is 0 Å². The van der Waals surface area contributed by atoms with Crippen molar-refractivity contribution in [3.63, 3.8) is 0 Å². The summed E-state index contributed by atoms with van der Waals surface area (Å²) in [7, 11) is 0. The Balaban J connectivity index is 1.21. The lowest BCUT2D eigenvalue weighted by Gasteiger charge is -2.32. The Bertz CT molecular complexity index is 1300. The zero-order chi connectivity index (χ0) is 26.5. The van der Waals surface area contributed by atoms with Crippen LogP contribution < -0.4 is 20.3 Å². The van der Waals surface area contributed by atoms with E-state index in [2.05, 4.69) is 16.7 Å². The number of hydrogen-bond donors (Lipinski definition) is 2. The van der Waals surface area contributed by atoms with Crippen LogP contribution in [-0.4, -0.2) is 30.9 Å². The maximum absolute atomic E-state index is 13.5. The molecule has 196 valence electrons. The SMILES string of the molecule is CCOc1ccc(NC(=O)c2ccc(NC(=O)[C@@H]3CCCC[C@@H]3C(=O)N3CCc4ccccc43)cc2)cc1. The monoisotopic (exact) mass is 511 g/mol. The zero-order valence-electron chi connectivity index (χ0n) is 21.6. The smallest absolute Gasteiger partial charge is 0.255 e. The summed E-state index contributed by atoms with van der Waals surface area (Å²) in [6.45, 7) is 3.17. The van der Waals surface area contributed by atoms with Gasteiger partial charge in [0.25, 0.3) is 5.91 Å². The van der Waals surface area contributed by atoms with Gasteiger partial charge in [-0.3, -0.25) is 14.4 Å². The standard InChI is InChI=1S/C31H33N3O4/c1-2-38-25-17-15-24(16-18-25)32-29(35)22-11-13-23(14-12-22)33-30(36)26-8-4-5-9-27(26)31(37)34-20-19-21-7-3-6-10-28(21)34/h3,6-7,10-18,26-27H,2,4-5,8-9,19-20H2,1H3,(H,32,35)(H,33,36)/t26-,27+/m1/s1. The normalized spacial score (nSPS) is 18.4. The lowest BCUT2D eigenvalue weighted by Crippen LogP contribution is -2.43. The number of para-hydroxylation sites is 1. The summed E-state index contributed by atoms with van der Waals surface area (Å²) in [5.41, 5.74) is 3.92. The molecule has 1 heterocycles. The van der Waals surface area contributed by atoms with Gasteiger partial charge in [0.1, 0.15) is 5.75 Å². The van der Waals surface area contributed by atoms with E-state index < -0.39 is 0 Å². The molecule has 1 aliphatic heterocycles. The molecule has 2 aliphatic rings. The van der Waals surface area contributed by atoms with E-state index in [1.54, 1.807) is 36.4 Å². The molecule has 3 amide bonds. The number of nitrogens with zero attached hydrogens (tertiary/aromatic N) is 1. The number of benzene rings is 3. The van der Waals surface area contributed by atoms with E-state index in [1.807, 2.05) is 42.2 Å². The first-order valence-electron chi connectivity index (χ1n) is 13.4. The van der Waals surface area contributed by atoms with Gasteiger partial charge in [0, 0.05) is 35.1 Å². The minimum absolute atomic E-state index is 0.0520. The molecule has 7 nitrogen and oxygen atoms in total. The molecule has 2 atom stereocenters. The zero-order valence-corrected chi connectivity index (χ0v) is 21.6. The van der Waals surface area contributed by atoms with Crippen LogP contribution in [-0.2, 0) is 16.0 Å². The van der Waals surface area contributed by atoms with Crippen LogP contribution in [0.25, 0.3) is 0 Å². The second-order valence-corrected chi connectivity index (χ2v) is 9.84. The van der Waals surface area contributed by atoms with Crippen molar-refractivity contribution in [2.45, 2.75) is 39.0 Å². The number of carbonyl (C=O) groups excluding carboxylic acids is 3. The number of hydrogen-bond acceptors (Lipinski definition) is 4. The van der Waals surface area contributed by atoms with Crippen LogP contribution in [0, 0.1) is 11.8 Å². The number of amides is 3. The molecule has 1 saturated carbocycles. The minimum Gasteiger partial charge on any atom is -0.494 e. The summed E-state index contributed by atoms with van der Waals surface area (Å²) >= 11 is 0. The largest absolute Gasteiger partial charge is 0.494 e. The second-order valence-electron chi connectivity index (χ2n) is 9.84. The van der Waals surface area contributed by atoms with Gasteiger partial charge in [-0.15, -0.1) is 0 Å². The summed E-state index contributed by atoms with van der Waals surface area (Å²) in [5, 5.41) is 5.85. The molecule has 1 aliphatic carbocycles. The summed E-state index contributed by atoms with van der Waals surface area (Å²) in [6.07, 6.45) is 4.15. The van der Waals surface area contributed by atoms with Crippen LogP contribution in [0.15, 0.2) is 72.8 Å². The Morgan fingerprint density at radius 1 is 0.842 bits per heavy atom. The van der Waals surface area contributed by atoms with E-state index in [0.717, 1.165) is 37.1 Å². The summed E-state index contributed by atoms with van der Waals surface area (Å²) in [6, 6.07) is 22.0. The molecule has 3 aromatic carbocycles. The number of fused-ring (bicyclic) bond motifs is 1. The maximum atomic E-state index is 13.5. The average Bonchev–Trinajstić information content (AvgIpc) is 3.38. The number of anilines is 3. The van der Waals surface area contributed by atoms with Gasteiger partial charge in [0.2, 0.25) is 11.8 Å². The first kappa shape index (κ1) is 25.5. The molecular formula is C31H33N3O4. The van der Waals surface area contributed by atoms with Gasteiger partial charge in [0.05, 0.1) is 12.5 Å². The maximum Gasteiger partial charge on any atom is 0.255 e. The third-order valence-corrected chi connectivity index (χ3v) is 7.41. The Morgan fingerprint density at radius 2 is 1.50 bits per heavy atom. The Labute approximate surface area is 223 Å². The van der Waals surface area contributed by atoms with Crippen molar-refractivity contribution in [1.29, 1.82) is 0 Å². The lowest BCUT2D eigenvalue weighted by atomic mass is 9.77. The molecule has 38 heavy (non-hydrogen) atoms. The molecular weight excluding hydrogens is 478 g/mol.